The van der Waals surface area contributed by atoms with Crippen LogP contribution in [0, 0.1) is 0 Å². The molecule has 0 N–H and O–H groups in total. The molecule has 0 saturated carbocycles. The van der Waals surface area contributed by atoms with E-state index in [-0.39, 0.29) is 24.5 Å². The maximum Gasteiger partial charge on any atom is 0.389 e. The standard InChI is InChI=1S/C15H17F3O/c16-15(17,18)9-8-13(19)10-12-6-3-5-11-4-1-2-7-14(11)12/h1-2,4,7,12H,3,5-6,8-10H2. The molecule has 0 aliphatic heterocycles. The lowest BCUT2D eigenvalue weighted by atomic mass is 9.80. The van der Waals surface area contributed by atoms with Gasteiger partial charge in [-0.3, -0.25) is 4.79 Å². The summed E-state index contributed by atoms with van der Waals surface area (Å²) in [5.41, 5.74) is 2.39. The van der Waals surface area contributed by atoms with Crippen LogP contribution in [0.15, 0.2) is 24.3 Å². The first-order valence-corrected chi connectivity index (χ1v) is 6.62. The third kappa shape index (κ3) is 4.08. The van der Waals surface area contributed by atoms with Gasteiger partial charge in [0.1, 0.15) is 5.78 Å². The van der Waals surface area contributed by atoms with Crippen LogP contribution in [0.2, 0.25) is 0 Å². The number of alkyl halides is 3. The SMILES string of the molecule is O=C(CCC(F)(F)F)CC1CCCc2ccccc21. The Kier molecular flexibility index (Phi) is 4.27. The van der Waals surface area contributed by atoms with Crippen LogP contribution in [0.3, 0.4) is 0 Å². The number of halogens is 3. The minimum Gasteiger partial charge on any atom is -0.300 e. The molecule has 1 aromatic carbocycles. The van der Waals surface area contributed by atoms with E-state index in [0.29, 0.717) is 0 Å². The summed E-state index contributed by atoms with van der Waals surface area (Å²) in [5, 5.41) is 0. The summed E-state index contributed by atoms with van der Waals surface area (Å²) < 4.78 is 36.2. The first kappa shape index (κ1) is 14.1. The van der Waals surface area contributed by atoms with Crippen molar-refractivity contribution < 1.29 is 18.0 Å². The van der Waals surface area contributed by atoms with Crippen LogP contribution in [0.4, 0.5) is 13.2 Å². The highest BCUT2D eigenvalue weighted by molar-refractivity contribution is 5.79. The highest BCUT2D eigenvalue weighted by Crippen LogP contribution is 2.34. The number of carbonyl (C=O) groups excluding carboxylic acids is 1. The average molecular weight is 270 g/mol. The van der Waals surface area contributed by atoms with Gasteiger partial charge in [-0.15, -0.1) is 0 Å². The zero-order valence-electron chi connectivity index (χ0n) is 10.7. The summed E-state index contributed by atoms with van der Waals surface area (Å²) >= 11 is 0. The molecule has 2 rings (SSSR count). The van der Waals surface area contributed by atoms with Gasteiger partial charge in [0.15, 0.2) is 0 Å². The molecule has 1 atom stereocenters. The van der Waals surface area contributed by atoms with E-state index in [1.165, 1.54) is 5.56 Å². The van der Waals surface area contributed by atoms with Crippen molar-refractivity contribution in [1.82, 2.24) is 0 Å². The average Bonchev–Trinajstić information content (AvgIpc) is 2.36. The van der Waals surface area contributed by atoms with Crippen molar-refractivity contribution >= 4 is 5.78 Å². The lowest BCUT2D eigenvalue weighted by molar-refractivity contribution is -0.143. The van der Waals surface area contributed by atoms with E-state index >= 15 is 0 Å². The fourth-order valence-corrected chi connectivity index (χ4v) is 2.72. The van der Waals surface area contributed by atoms with Crippen molar-refractivity contribution in [3.05, 3.63) is 35.4 Å². The van der Waals surface area contributed by atoms with E-state index in [1.807, 2.05) is 24.3 Å². The van der Waals surface area contributed by atoms with Crippen molar-refractivity contribution in [3.8, 4) is 0 Å². The smallest absolute Gasteiger partial charge is 0.300 e. The van der Waals surface area contributed by atoms with Gasteiger partial charge >= 0.3 is 6.18 Å². The van der Waals surface area contributed by atoms with Crippen LogP contribution in [0.25, 0.3) is 0 Å². The Morgan fingerprint density at radius 2 is 2.00 bits per heavy atom. The summed E-state index contributed by atoms with van der Waals surface area (Å²) in [6.07, 6.45) is -2.47. The van der Waals surface area contributed by atoms with Crippen LogP contribution in [0.5, 0.6) is 0 Å². The van der Waals surface area contributed by atoms with Crippen molar-refractivity contribution in [2.75, 3.05) is 0 Å². The monoisotopic (exact) mass is 270 g/mol. The Labute approximate surface area is 110 Å². The molecule has 0 radical (unpaired) electrons. The van der Waals surface area contributed by atoms with Gasteiger partial charge in [-0.2, -0.15) is 13.2 Å². The van der Waals surface area contributed by atoms with Crippen LogP contribution in [0.1, 0.15) is 49.1 Å². The van der Waals surface area contributed by atoms with E-state index in [0.717, 1.165) is 24.8 Å². The van der Waals surface area contributed by atoms with Gasteiger partial charge in [0.2, 0.25) is 0 Å². The number of aryl methyl sites for hydroxylation is 1. The number of rotatable bonds is 4. The number of Topliss-reactive ketones (excluding diaryl/α,β-unsaturated/α-hetero) is 1. The Hall–Kier alpha value is -1.32. The molecule has 0 aromatic heterocycles. The van der Waals surface area contributed by atoms with Crippen LogP contribution >= 0.6 is 0 Å². The number of ketones is 1. The summed E-state index contributed by atoms with van der Waals surface area (Å²) in [6.45, 7) is 0. The molecular weight excluding hydrogens is 253 g/mol. The largest absolute Gasteiger partial charge is 0.389 e. The molecule has 0 bridgehead atoms. The van der Waals surface area contributed by atoms with Gasteiger partial charge in [0.25, 0.3) is 0 Å². The van der Waals surface area contributed by atoms with Crippen molar-refractivity contribution in [1.29, 1.82) is 0 Å². The van der Waals surface area contributed by atoms with E-state index < -0.39 is 12.6 Å². The Morgan fingerprint density at radius 1 is 1.26 bits per heavy atom. The molecule has 1 aromatic rings. The van der Waals surface area contributed by atoms with Gasteiger partial charge in [0, 0.05) is 12.8 Å². The van der Waals surface area contributed by atoms with Gasteiger partial charge in [-0.25, -0.2) is 0 Å². The summed E-state index contributed by atoms with van der Waals surface area (Å²) in [6, 6.07) is 7.93. The van der Waals surface area contributed by atoms with Crippen molar-refractivity contribution in [2.24, 2.45) is 0 Å². The van der Waals surface area contributed by atoms with E-state index in [2.05, 4.69) is 0 Å². The predicted octanol–water partition coefficient (Wildman–Crippen LogP) is 4.41. The normalized spacial score (nSPS) is 19.0. The van der Waals surface area contributed by atoms with Gasteiger partial charge < -0.3 is 0 Å². The molecule has 1 nitrogen and oxygen atoms in total. The second kappa shape index (κ2) is 5.76. The predicted molar refractivity (Wildman–Crippen MR) is 67.0 cm³/mol. The molecule has 0 heterocycles. The van der Waals surface area contributed by atoms with Crippen LogP contribution < -0.4 is 0 Å². The second-order valence-corrected chi connectivity index (χ2v) is 5.15. The quantitative estimate of drug-likeness (QED) is 0.792. The molecule has 1 aliphatic rings. The maximum atomic E-state index is 12.1. The summed E-state index contributed by atoms with van der Waals surface area (Å²) in [5.74, 6) is -0.176. The fraction of sp³-hybridized carbons (Fsp3) is 0.533. The van der Waals surface area contributed by atoms with Gasteiger partial charge in [0.05, 0.1) is 6.42 Å². The number of carbonyl (C=O) groups is 1. The Morgan fingerprint density at radius 3 is 2.74 bits per heavy atom. The van der Waals surface area contributed by atoms with E-state index in [9.17, 15) is 18.0 Å². The van der Waals surface area contributed by atoms with Crippen molar-refractivity contribution in [2.45, 2.75) is 50.6 Å². The van der Waals surface area contributed by atoms with Gasteiger partial charge in [-0.05, 0) is 36.3 Å². The van der Waals surface area contributed by atoms with E-state index in [4.69, 9.17) is 0 Å². The first-order valence-electron chi connectivity index (χ1n) is 6.62. The second-order valence-electron chi connectivity index (χ2n) is 5.15. The molecule has 0 saturated heterocycles. The molecule has 4 heteroatoms. The van der Waals surface area contributed by atoms with Crippen LogP contribution in [-0.2, 0) is 11.2 Å². The topological polar surface area (TPSA) is 17.1 Å². The number of benzene rings is 1. The van der Waals surface area contributed by atoms with E-state index in [1.54, 1.807) is 0 Å². The first-order chi connectivity index (χ1) is 8.96. The Bertz CT molecular complexity index is 451. The minimum atomic E-state index is -4.24. The maximum absolute atomic E-state index is 12.1. The lowest BCUT2D eigenvalue weighted by Gasteiger charge is -2.25. The fourth-order valence-electron chi connectivity index (χ4n) is 2.72. The Balaban J connectivity index is 1.95. The third-order valence-corrected chi connectivity index (χ3v) is 3.66. The zero-order valence-corrected chi connectivity index (χ0v) is 10.7. The summed E-state index contributed by atoms with van der Waals surface area (Å²) in [7, 11) is 0. The number of hydrogen-bond acceptors (Lipinski definition) is 1. The molecule has 1 aliphatic carbocycles. The number of hydrogen-bond donors (Lipinski definition) is 0. The van der Waals surface area contributed by atoms with Gasteiger partial charge in [-0.1, -0.05) is 24.3 Å². The molecule has 19 heavy (non-hydrogen) atoms. The molecule has 0 spiro atoms. The molecular formula is C15H17F3O. The van der Waals surface area contributed by atoms with Crippen LogP contribution in [-0.4, -0.2) is 12.0 Å². The highest BCUT2D eigenvalue weighted by Gasteiger charge is 2.29. The summed E-state index contributed by atoms with van der Waals surface area (Å²) in [4.78, 5) is 11.7. The molecule has 1 unspecified atom stereocenters. The third-order valence-electron chi connectivity index (χ3n) is 3.66. The zero-order chi connectivity index (χ0) is 13.9. The van der Waals surface area contributed by atoms with Crippen molar-refractivity contribution in [3.63, 3.8) is 0 Å². The molecule has 104 valence electrons. The lowest BCUT2D eigenvalue weighted by Crippen LogP contribution is -2.16. The molecule has 0 amide bonds. The molecule has 0 fully saturated rings. The minimum absolute atomic E-state index is 0.102. The highest BCUT2D eigenvalue weighted by atomic mass is 19.4. The number of fused-ring (bicyclic) bond motifs is 1.